The zero-order chi connectivity index (χ0) is 15.6. The monoisotopic (exact) mass is 290 g/mol. The van der Waals surface area contributed by atoms with E-state index >= 15 is 0 Å². The summed E-state index contributed by atoms with van der Waals surface area (Å²) in [6.07, 6.45) is 0. The van der Waals surface area contributed by atoms with Crippen LogP contribution in [0.25, 0.3) is 0 Å². The predicted octanol–water partition coefficient (Wildman–Crippen LogP) is 3.00. The Morgan fingerprint density at radius 1 is 1.29 bits per heavy atom. The largest absolute Gasteiger partial charge is 0.506 e. The maximum absolute atomic E-state index is 13.7. The second-order valence-electron chi connectivity index (χ2n) is 4.40. The number of aryl methyl sites for hydroxylation is 1. The van der Waals surface area contributed by atoms with E-state index in [2.05, 4.69) is 5.32 Å². The maximum atomic E-state index is 13.7. The van der Waals surface area contributed by atoms with Crippen LogP contribution >= 0.6 is 0 Å². The number of phenols is 1. The molecular formula is C14H11FN2O4. The predicted molar refractivity (Wildman–Crippen MR) is 73.9 cm³/mol. The highest BCUT2D eigenvalue weighted by molar-refractivity contribution is 6.05. The van der Waals surface area contributed by atoms with Crippen LogP contribution < -0.4 is 5.32 Å². The van der Waals surface area contributed by atoms with Gasteiger partial charge >= 0.3 is 0 Å². The zero-order valence-corrected chi connectivity index (χ0v) is 11.0. The lowest BCUT2D eigenvalue weighted by Gasteiger charge is -2.08. The smallest absolute Gasteiger partial charge is 0.271 e. The molecule has 0 unspecified atom stereocenters. The molecule has 21 heavy (non-hydrogen) atoms. The van der Waals surface area contributed by atoms with Gasteiger partial charge < -0.3 is 10.4 Å². The summed E-state index contributed by atoms with van der Waals surface area (Å²) < 4.78 is 13.7. The van der Waals surface area contributed by atoms with Crippen LogP contribution in [0.5, 0.6) is 5.75 Å². The maximum Gasteiger partial charge on any atom is 0.271 e. The van der Waals surface area contributed by atoms with Crippen molar-refractivity contribution in [2.24, 2.45) is 0 Å². The van der Waals surface area contributed by atoms with Crippen LogP contribution in [0.3, 0.4) is 0 Å². The lowest BCUT2D eigenvalue weighted by Crippen LogP contribution is -2.14. The van der Waals surface area contributed by atoms with Gasteiger partial charge in [-0.1, -0.05) is 6.07 Å². The molecule has 6 nitrogen and oxygen atoms in total. The number of amides is 1. The summed E-state index contributed by atoms with van der Waals surface area (Å²) in [5, 5.41) is 22.5. The number of hydrogen-bond acceptors (Lipinski definition) is 4. The Kier molecular flexibility index (Phi) is 3.84. The van der Waals surface area contributed by atoms with E-state index in [0.717, 1.165) is 18.2 Å². The number of carbonyl (C=O) groups is 1. The number of nitro groups is 1. The fourth-order valence-corrected chi connectivity index (χ4v) is 1.73. The highest BCUT2D eigenvalue weighted by atomic mass is 19.1. The van der Waals surface area contributed by atoms with Gasteiger partial charge in [0, 0.05) is 12.1 Å². The molecule has 0 aliphatic heterocycles. The van der Waals surface area contributed by atoms with Crippen LogP contribution in [0, 0.1) is 22.9 Å². The minimum Gasteiger partial charge on any atom is -0.506 e. The third-order valence-corrected chi connectivity index (χ3v) is 2.81. The molecule has 0 aromatic heterocycles. The van der Waals surface area contributed by atoms with Crippen molar-refractivity contribution in [1.82, 2.24) is 0 Å². The van der Waals surface area contributed by atoms with Crippen LogP contribution in [-0.4, -0.2) is 15.9 Å². The first-order valence-electron chi connectivity index (χ1n) is 5.93. The molecule has 0 spiro atoms. The lowest BCUT2D eigenvalue weighted by atomic mass is 10.1. The van der Waals surface area contributed by atoms with E-state index in [1.54, 1.807) is 13.0 Å². The number of aromatic hydroxyl groups is 1. The summed E-state index contributed by atoms with van der Waals surface area (Å²) >= 11 is 0. The molecular weight excluding hydrogens is 279 g/mol. The van der Waals surface area contributed by atoms with Gasteiger partial charge in [0.1, 0.15) is 11.6 Å². The molecule has 0 radical (unpaired) electrons. The molecule has 7 heteroatoms. The lowest BCUT2D eigenvalue weighted by molar-refractivity contribution is -0.384. The highest BCUT2D eigenvalue weighted by Crippen LogP contribution is 2.28. The van der Waals surface area contributed by atoms with Gasteiger partial charge in [-0.3, -0.25) is 14.9 Å². The average Bonchev–Trinajstić information content (AvgIpc) is 2.40. The van der Waals surface area contributed by atoms with Crippen LogP contribution in [-0.2, 0) is 0 Å². The third-order valence-electron chi connectivity index (χ3n) is 2.81. The Bertz CT molecular complexity index is 731. The number of hydrogen-bond donors (Lipinski definition) is 2. The second-order valence-corrected chi connectivity index (χ2v) is 4.40. The first-order chi connectivity index (χ1) is 9.88. The molecule has 0 fully saturated rings. The minimum atomic E-state index is -0.803. The van der Waals surface area contributed by atoms with E-state index in [1.165, 1.54) is 12.1 Å². The number of anilines is 1. The Morgan fingerprint density at radius 2 is 2.00 bits per heavy atom. The Balaban J connectivity index is 2.31. The van der Waals surface area contributed by atoms with E-state index in [-0.39, 0.29) is 22.7 Å². The van der Waals surface area contributed by atoms with Gasteiger partial charge in [-0.2, -0.15) is 0 Å². The Labute approximate surface area is 119 Å². The molecule has 108 valence electrons. The summed E-state index contributed by atoms with van der Waals surface area (Å²) in [7, 11) is 0. The van der Waals surface area contributed by atoms with E-state index < -0.39 is 16.6 Å². The SMILES string of the molecule is Cc1ccc(C(=O)Nc2cc([N+](=O)[O-])ccc2O)c(F)c1. The minimum absolute atomic E-state index is 0.158. The summed E-state index contributed by atoms with van der Waals surface area (Å²) in [5.41, 5.74) is -0.0181. The van der Waals surface area contributed by atoms with E-state index in [4.69, 9.17) is 0 Å². The summed E-state index contributed by atoms with van der Waals surface area (Å²) in [5.74, 6) is -1.86. The number of nitro benzene ring substituents is 1. The number of carbonyl (C=O) groups excluding carboxylic acids is 1. The Hall–Kier alpha value is -2.96. The van der Waals surface area contributed by atoms with Gasteiger partial charge in [0.05, 0.1) is 16.2 Å². The first-order valence-corrected chi connectivity index (χ1v) is 5.93. The van der Waals surface area contributed by atoms with Crippen LogP contribution in [0.15, 0.2) is 36.4 Å². The van der Waals surface area contributed by atoms with Crippen LogP contribution in [0.1, 0.15) is 15.9 Å². The van der Waals surface area contributed by atoms with E-state index in [1.807, 2.05) is 0 Å². The van der Waals surface area contributed by atoms with Crippen LogP contribution in [0.4, 0.5) is 15.8 Å². The summed E-state index contributed by atoms with van der Waals surface area (Å²) in [4.78, 5) is 21.9. The van der Waals surface area contributed by atoms with Crippen molar-refractivity contribution in [2.45, 2.75) is 6.92 Å². The third kappa shape index (κ3) is 3.14. The van der Waals surface area contributed by atoms with Gasteiger partial charge in [0.2, 0.25) is 0 Å². The normalized spacial score (nSPS) is 10.2. The van der Waals surface area contributed by atoms with E-state index in [9.17, 15) is 24.4 Å². The molecule has 2 N–H and O–H groups in total. The second kappa shape index (κ2) is 5.58. The quantitative estimate of drug-likeness (QED) is 0.516. The highest BCUT2D eigenvalue weighted by Gasteiger charge is 2.16. The molecule has 0 heterocycles. The Morgan fingerprint density at radius 3 is 2.62 bits per heavy atom. The van der Waals surface area contributed by atoms with Crippen LogP contribution in [0.2, 0.25) is 0 Å². The van der Waals surface area contributed by atoms with Crippen molar-refractivity contribution in [3.05, 3.63) is 63.5 Å². The number of benzene rings is 2. The van der Waals surface area contributed by atoms with E-state index in [0.29, 0.717) is 5.56 Å². The van der Waals surface area contributed by atoms with Gasteiger partial charge in [-0.15, -0.1) is 0 Å². The van der Waals surface area contributed by atoms with Crippen molar-refractivity contribution in [2.75, 3.05) is 5.32 Å². The van der Waals surface area contributed by atoms with Gasteiger partial charge in [-0.05, 0) is 30.7 Å². The first kappa shape index (κ1) is 14.4. The molecule has 0 bridgehead atoms. The number of non-ortho nitro benzene ring substituents is 1. The number of rotatable bonds is 3. The standard InChI is InChI=1S/C14H11FN2O4/c1-8-2-4-10(11(15)6-8)14(19)16-12-7-9(17(20)21)3-5-13(12)18/h2-7,18H,1H3,(H,16,19). The van der Waals surface area contributed by atoms with Gasteiger partial charge in [0.25, 0.3) is 11.6 Å². The molecule has 0 saturated carbocycles. The molecule has 0 saturated heterocycles. The fourth-order valence-electron chi connectivity index (χ4n) is 1.73. The number of nitrogens with zero attached hydrogens (tertiary/aromatic N) is 1. The molecule has 2 rings (SSSR count). The molecule has 2 aromatic rings. The number of nitrogens with one attached hydrogen (secondary N) is 1. The zero-order valence-electron chi connectivity index (χ0n) is 11.0. The average molecular weight is 290 g/mol. The number of phenolic OH excluding ortho intramolecular Hbond substituents is 1. The fraction of sp³-hybridized carbons (Fsp3) is 0.0714. The van der Waals surface area contributed by atoms with Crippen molar-refractivity contribution in [3.63, 3.8) is 0 Å². The molecule has 0 atom stereocenters. The van der Waals surface area contributed by atoms with Gasteiger partial charge in [0.15, 0.2) is 0 Å². The topological polar surface area (TPSA) is 92.5 Å². The van der Waals surface area contributed by atoms with Crippen molar-refractivity contribution in [1.29, 1.82) is 0 Å². The molecule has 1 amide bonds. The molecule has 2 aromatic carbocycles. The summed E-state index contributed by atoms with van der Waals surface area (Å²) in [6, 6.07) is 7.23. The van der Waals surface area contributed by atoms with Gasteiger partial charge in [-0.25, -0.2) is 4.39 Å². The van der Waals surface area contributed by atoms with Crippen molar-refractivity contribution >= 4 is 17.3 Å². The number of halogens is 1. The van der Waals surface area contributed by atoms with Crippen molar-refractivity contribution < 1.29 is 19.2 Å². The molecule has 0 aliphatic carbocycles. The summed E-state index contributed by atoms with van der Waals surface area (Å²) in [6.45, 7) is 1.68. The molecule has 0 aliphatic rings. The van der Waals surface area contributed by atoms with Crippen molar-refractivity contribution in [3.8, 4) is 5.75 Å².